The van der Waals surface area contributed by atoms with Crippen molar-refractivity contribution in [1.82, 2.24) is 0 Å². The minimum Gasteiger partial charge on any atom is -0.822 e. The van der Waals surface area contributed by atoms with E-state index in [1.807, 2.05) is 0 Å². The van der Waals surface area contributed by atoms with Crippen molar-refractivity contribution < 1.29 is 68.6 Å². The molecule has 0 rings (SSSR count). The third-order valence-corrected chi connectivity index (χ3v) is 0. The zero-order chi connectivity index (χ0) is 4.50. The van der Waals surface area contributed by atoms with E-state index in [1.54, 1.807) is 0 Å². The fraction of sp³-hybridized carbons (Fsp3) is 0. The van der Waals surface area contributed by atoms with Gasteiger partial charge in [0.25, 0.3) is 0 Å². The van der Waals surface area contributed by atoms with E-state index in [0.717, 1.165) is 0 Å². The molecular formula is H12NiO10P. The van der Waals surface area contributed by atoms with Gasteiger partial charge >= 0.3 is 16.5 Å². The topological polar surface area (TPSA) is 275 Å². The van der Waals surface area contributed by atoms with Gasteiger partial charge < -0.3 is 52.1 Å². The molecule has 0 amide bonds. The third-order valence-electron chi connectivity index (χ3n) is 0. The SMILES string of the molecule is O.O.O.O.O.O.O=P([O-])([O-])[O-].[Ni+3]. The fourth-order valence-corrected chi connectivity index (χ4v) is 0. The van der Waals surface area contributed by atoms with Gasteiger partial charge in [-0.3, -0.25) is 0 Å². The maximum absolute atomic E-state index is 8.55. The van der Waals surface area contributed by atoms with E-state index in [0.29, 0.717) is 0 Å². The summed E-state index contributed by atoms with van der Waals surface area (Å²) in [5, 5.41) is 0. The van der Waals surface area contributed by atoms with Gasteiger partial charge in [-0.1, -0.05) is 0 Å². The van der Waals surface area contributed by atoms with Crippen molar-refractivity contribution in [2.75, 3.05) is 0 Å². The van der Waals surface area contributed by atoms with Gasteiger partial charge in [0.1, 0.15) is 0 Å². The van der Waals surface area contributed by atoms with Crippen LogP contribution >= 0.6 is 7.82 Å². The first-order valence-corrected chi connectivity index (χ1v) is 2.19. The number of hydrogen-bond donors (Lipinski definition) is 0. The Hall–Kier alpha value is 0.364. The van der Waals surface area contributed by atoms with E-state index in [9.17, 15) is 0 Å². The maximum Gasteiger partial charge on any atom is 3.00 e. The Balaban J connectivity index is -0.00000000381. The Morgan fingerprint density at radius 3 is 0.667 bits per heavy atom. The molecule has 10 nitrogen and oxygen atoms in total. The molecule has 12 N–H and O–H groups in total. The molecule has 0 aromatic carbocycles. The quantitative estimate of drug-likeness (QED) is 0.303. The van der Waals surface area contributed by atoms with Gasteiger partial charge in [-0.05, 0) is 0 Å². The molecule has 0 spiro atoms. The van der Waals surface area contributed by atoms with Crippen molar-refractivity contribution in [2.24, 2.45) is 0 Å². The summed E-state index contributed by atoms with van der Waals surface area (Å²) in [4.78, 5) is 25.6. The van der Waals surface area contributed by atoms with Crippen molar-refractivity contribution in [2.45, 2.75) is 0 Å². The number of phosphoric acid groups is 1. The summed E-state index contributed by atoms with van der Waals surface area (Å²) < 4.78 is 8.55. The molecule has 0 atom stereocenters. The average Bonchev–Trinajstić information content (AvgIpc) is 0.722. The number of rotatable bonds is 0. The molecule has 0 unspecified atom stereocenters. The average molecular weight is 262 g/mol. The molecule has 0 saturated carbocycles. The molecule has 0 saturated heterocycles. The summed E-state index contributed by atoms with van der Waals surface area (Å²) in [6, 6.07) is 0. The van der Waals surface area contributed by atoms with E-state index in [4.69, 9.17) is 19.2 Å². The fourth-order valence-electron chi connectivity index (χ4n) is 0. The predicted octanol–water partition coefficient (Wildman–Crippen LogP) is -7.78. The van der Waals surface area contributed by atoms with Crippen LogP contribution in [0.15, 0.2) is 0 Å². The van der Waals surface area contributed by atoms with Gasteiger partial charge in [0.2, 0.25) is 0 Å². The second-order valence-corrected chi connectivity index (χ2v) is 1.34. The summed E-state index contributed by atoms with van der Waals surface area (Å²) in [5.41, 5.74) is 0. The molecule has 12 heavy (non-hydrogen) atoms. The van der Waals surface area contributed by atoms with Crippen molar-refractivity contribution >= 4 is 7.82 Å². The largest absolute Gasteiger partial charge is 3.00 e. The molecule has 0 aliphatic rings. The Bertz CT molecular complexity index is 56.0. The maximum atomic E-state index is 8.55. The summed E-state index contributed by atoms with van der Waals surface area (Å²) >= 11 is 0. The Kier molecular flexibility index (Phi) is 211. The molecule has 1 radical (unpaired) electrons. The Labute approximate surface area is 77.2 Å². The third kappa shape index (κ3) is 6880. The van der Waals surface area contributed by atoms with Crippen LogP contribution in [0.5, 0.6) is 0 Å². The second kappa shape index (κ2) is 30.1. The molecule has 12 heteroatoms. The number of hydrogen-bond acceptors (Lipinski definition) is 4. The van der Waals surface area contributed by atoms with Gasteiger partial charge in [-0.15, -0.1) is 0 Å². The first-order valence-electron chi connectivity index (χ1n) is 0.730. The monoisotopic (exact) mass is 261 g/mol. The van der Waals surface area contributed by atoms with E-state index in [1.165, 1.54) is 0 Å². The van der Waals surface area contributed by atoms with Crippen molar-refractivity contribution in [1.29, 1.82) is 0 Å². The summed E-state index contributed by atoms with van der Waals surface area (Å²) in [7, 11) is -5.39. The summed E-state index contributed by atoms with van der Waals surface area (Å²) in [6.45, 7) is 0. The van der Waals surface area contributed by atoms with Crippen molar-refractivity contribution in [3.8, 4) is 0 Å². The van der Waals surface area contributed by atoms with Crippen LogP contribution in [0.2, 0.25) is 0 Å². The zero-order valence-corrected chi connectivity index (χ0v) is 7.28. The van der Waals surface area contributed by atoms with E-state index in [2.05, 4.69) is 0 Å². The van der Waals surface area contributed by atoms with Gasteiger partial charge in [0.05, 0.1) is 0 Å². The summed E-state index contributed by atoms with van der Waals surface area (Å²) in [5.74, 6) is 0. The standard InChI is InChI=1S/Ni.H3O4P.6H2O/c;1-5(2,3)4;;;;;;/h;(H3,1,2,3,4);6*1H2/q+3;;;;;;;/p-3. The first kappa shape index (κ1) is 83.8. The molecule has 0 bridgehead atoms. The van der Waals surface area contributed by atoms with Crippen LogP contribution in [0.4, 0.5) is 0 Å². The molecule has 0 fully saturated rings. The van der Waals surface area contributed by atoms with Crippen LogP contribution in [0.1, 0.15) is 0 Å². The van der Waals surface area contributed by atoms with Crippen LogP contribution in [0.25, 0.3) is 0 Å². The van der Waals surface area contributed by atoms with E-state index in [-0.39, 0.29) is 49.3 Å². The molecule has 0 heterocycles. The Morgan fingerprint density at radius 2 is 0.667 bits per heavy atom. The summed E-state index contributed by atoms with van der Waals surface area (Å²) in [6.07, 6.45) is 0. The smallest absolute Gasteiger partial charge is 0.822 e. The molecule has 0 aliphatic heterocycles. The van der Waals surface area contributed by atoms with Crippen LogP contribution in [0, 0.1) is 0 Å². The Morgan fingerprint density at radius 1 is 0.667 bits per heavy atom. The van der Waals surface area contributed by atoms with Gasteiger partial charge in [-0.25, -0.2) is 0 Å². The van der Waals surface area contributed by atoms with Gasteiger partial charge in [0.15, 0.2) is 0 Å². The predicted molar refractivity (Wildman–Crippen MR) is 29.3 cm³/mol. The first-order chi connectivity index (χ1) is 2.00. The van der Waals surface area contributed by atoms with Crippen LogP contribution in [-0.2, 0) is 21.1 Å². The minimum absolute atomic E-state index is 0. The molecular weight excluding hydrogens is 250 g/mol. The van der Waals surface area contributed by atoms with E-state index >= 15 is 0 Å². The zero-order valence-electron chi connectivity index (χ0n) is 5.40. The molecule has 0 aromatic rings. The second-order valence-electron chi connectivity index (χ2n) is 0.447. The molecule has 0 aliphatic carbocycles. The van der Waals surface area contributed by atoms with Gasteiger partial charge in [0, 0.05) is 0 Å². The van der Waals surface area contributed by atoms with E-state index < -0.39 is 7.82 Å². The minimum atomic E-state index is -5.39. The van der Waals surface area contributed by atoms with Crippen molar-refractivity contribution in [3.05, 3.63) is 0 Å². The van der Waals surface area contributed by atoms with Crippen LogP contribution in [-0.4, -0.2) is 32.9 Å². The van der Waals surface area contributed by atoms with Crippen LogP contribution in [0.3, 0.4) is 0 Å². The van der Waals surface area contributed by atoms with Gasteiger partial charge in [-0.2, -0.15) is 7.82 Å². The normalized spacial score (nSPS) is 4.92. The molecule has 87 valence electrons. The van der Waals surface area contributed by atoms with Crippen LogP contribution < -0.4 is 14.7 Å². The van der Waals surface area contributed by atoms with Crippen molar-refractivity contribution in [3.63, 3.8) is 0 Å². The molecule has 0 aromatic heterocycles.